The van der Waals surface area contributed by atoms with Crippen LogP contribution in [0.1, 0.15) is 6.92 Å². The predicted molar refractivity (Wildman–Crippen MR) is 25.3 cm³/mol. The van der Waals surface area contributed by atoms with Crippen molar-refractivity contribution in [3.05, 3.63) is 11.8 Å². The van der Waals surface area contributed by atoms with Crippen LogP contribution < -0.4 is 11.0 Å². The second-order valence-corrected chi connectivity index (χ2v) is 1.65. The molecule has 0 radical (unpaired) electrons. The van der Waals surface area contributed by atoms with E-state index >= 15 is 0 Å². The largest absolute Gasteiger partial charge is 0.303 e. The highest BCUT2D eigenvalue weighted by Gasteiger charge is 2.17. The summed E-state index contributed by atoms with van der Waals surface area (Å²) >= 11 is 0. The minimum absolute atomic E-state index is 0.527. The van der Waals surface area contributed by atoms with E-state index in [4.69, 9.17) is 5.21 Å². The maximum atomic E-state index is 7.99. The van der Waals surface area contributed by atoms with Gasteiger partial charge in [-0.05, 0) is 0 Å². The molecule has 0 aromatic rings. The molecule has 1 rings (SSSR count). The number of rotatable bonds is 2. The lowest BCUT2D eigenvalue weighted by Crippen LogP contribution is -2.24. The normalized spacial score (nSPS) is 26.6. The fraction of sp³-hybridized carbons (Fsp3) is 0.500. The van der Waals surface area contributed by atoms with Crippen molar-refractivity contribution in [2.24, 2.45) is 5.92 Å². The summed E-state index contributed by atoms with van der Waals surface area (Å²) in [5.41, 5.74) is 5.44. The fourth-order valence-electron chi connectivity index (χ4n) is 0.441. The highest BCUT2D eigenvalue weighted by molar-refractivity contribution is 5.24. The summed E-state index contributed by atoms with van der Waals surface area (Å²) in [7, 11) is 0. The first kappa shape index (κ1) is 4.61. The Kier molecular flexibility index (Phi) is 1.00. The summed E-state index contributed by atoms with van der Waals surface area (Å²) < 4.78 is 0. The van der Waals surface area contributed by atoms with Crippen molar-refractivity contribution < 1.29 is 5.21 Å². The van der Waals surface area contributed by atoms with E-state index in [1.54, 1.807) is 0 Å². The molecule has 0 aromatic heterocycles. The van der Waals surface area contributed by atoms with Gasteiger partial charge in [0.05, 0.1) is 0 Å². The molecule has 0 spiro atoms. The number of hydrogen-bond donors (Lipinski definition) is 3. The Balaban J connectivity index is 2.09. The van der Waals surface area contributed by atoms with Gasteiger partial charge in [-0.1, -0.05) is 13.0 Å². The monoisotopic (exact) mass is 100 g/mol. The van der Waals surface area contributed by atoms with Crippen molar-refractivity contribution in [2.75, 3.05) is 0 Å². The van der Waals surface area contributed by atoms with Crippen molar-refractivity contribution in [1.29, 1.82) is 0 Å². The molecular formula is C4H8N2O. The molecule has 3 nitrogen and oxygen atoms in total. The molecule has 0 amide bonds. The third-order valence-corrected chi connectivity index (χ3v) is 1.01. The van der Waals surface area contributed by atoms with Crippen LogP contribution in [0.3, 0.4) is 0 Å². The maximum absolute atomic E-state index is 7.99. The van der Waals surface area contributed by atoms with Crippen LogP contribution in [-0.4, -0.2) is 5.21 Å². The lowest BCUT2D eigenvalue weighted by Gasteiger charge is -1.93. The number of allylic oxidation sites excluding steroid dienone is 2. The smallest absolute Gasteiger partial charge is 0.0317 e. The second-order valence-electron chi connectivity index (χ2n) is 1.65. The Morgan fingerprint density at radius 3 is 2.57 bits per heavy atom. The van der Waals surface area contributed by atoms with Gasteiger partial charge in [0.1, 0.15) is 0 Å². The topological polar surface area (TPSA) is 44.3 Å². The van der Waals surface area contributed by atoms with Crippen LogP contribution in [-0.2, 0) is 0 Å². The van der Waals surface area contributed by atoms with Crippen LogP contribution in [0.15, 0.2) is 11.8 Å². The number of hydrazine groups is 1. The lowest BCUT2D eigenvalue weighted by atomic mass is 10.4. The average Bonchev–Trinajstić information content (AvgIpc) is 2.22. The van der Waals surface area contributed by atoms with E-state index < -0.39 is 0 Å². The van der Waals surface area contributed by atoms with Crippen molar-refractivity contribution >= 4 is 0 Å². The van der Waals surface area contributed by atoms with E-state index in [-0.39, 0.29) is 0 Å². The number of nitrogens with one attached hydrogen (secondary N) is 2. The zero-order chi connectivity index (χ0) is 5.28. The van der Waals surface area contributed by atoms with Crippen LogP contribution in [0.2, 0.25) is 0 Å². The van der Waals surface area contributed by atoms with Crippen LogP contribution >= 0.6 is 0 Å². The summed E-state index contributed by atoms with van der Waals surface area (Å²) in [5.74, 6) is 0.527. The molecule has 0 aromatic carbocycles. The maximum Gasteiger partial charge on any atom is 0.0317 e. The van der Waals surface area contributed by atoms with E-state index in [9.17, 15) is 0 Å². The molecule has 0 heterocycles. The molecule has 0 fully saturated rings. The average molecular weight is 100 g/mol. The van der Waals surface area contributed by atoms with Crippen LogP contribution in [0.5, 0.6) is 0 Å². The van der Waals surface area contributed by atoms with E-state index in [1.165, 1.54) is 0 Å². The second kappa shape index (κ2) is 1.52. The first-order valence-electron chi connectivity index (χ1n) is 2.21. The van der Waals surface area contributed by atoms with Crippen molar-refractivity contribution in [3.63, 3.8) is 0 Å². The Hall–Kier alpha value is -0.540. The summed E-state index contributed by atoms with van der Waals surface area (Å²) in [5, 5.41) is 7.99. The summed E-state index contributed by atoms with van der Waals surface area (Å²) in [6.45, 7) is 2.04. The minimum atomic E-state index is 0.527. The number of hydrogen-bond acceptors (Lipinski definition) is 3. The standard InChI is InChI=1S/C4H8N2O/c1-3-2-4(3)5-6-7/h2-3,5-7H,1H3. The Morgan fingerprint density at radius 1 is 1.86 bits per heavy atom. The first-order chi connectivity index (χ1) is 3.34. The van der Waals surface area contributed by atoms with Gasteiger partial charge in [-0.3, -0.25) is 5.21 Å². The van der Waals surface area contributed by atoms with Gasteiger partial charge >= 0.3 is 0 Å². The molecule has 0 aliphatic heterocycles. The van der Waals surface area contributed by atoms with Gasteiger partial charge in [-0.15, -0.1) is 5.59 Å². The molecule has 7 heavy (non-hydrogen) atoms. The van der Waals surface area contributed by atoms with Gasteiger partial charge in [-0.25, -0.2) is 0 Å². The molecular weight excluding hydrogens is 92.1 g/mol. The van der Waals surface area contributed by atoms with Gasteiger partial charge in [0.2, 0.25) is 0 Å². The molecule has 0 saturated carbocycles. The van der Waals surface area contributed by atoms with Crippen molar-refractivity contribution in [1.82, 2.24) is 11.0 Å². The zero-order valence-electron chi connectivity index (χ0n) is 4.10. The minimum Gasteiger partial charge on any atom is -0.303 e. The summed E-state index contributed by atoms with van der Waals surface area (Å²) in [4.78, 5) is 0. The van der Waals surface area contributed by atoms with Crippen molar-refractivity contribution in [2.45, 2.75) is 6.92 Å². The van der Waals surface area contributed by atoms with Crippen LogP contribution in [0.4, 0.5) is 0 Å². The first-order valence-corrected chi connectivity index (χ1v) is 2.21. The van der Waals surface area contributed by atoms with Gasteiger partial charge in [0.25, 0.3) is 0 Å². The van der Waals surface area contributed by atoms with E-state index in [1.807, 2.05) is 18.6 Å². The van der Waals surface area contributed by atoms with Gasteiger partial charge < -0.3 is 5.43 Å². The summed E-state index contributed by atoms with van der Waals surface area (Å²) in [6.07, 6.45) is 2.00. The third kappa shape index (κ3) is 0.913. The van der Waals surface area contributed by atoms with E-state index in [0.29, 0.717) is 5.92 Å². The van der Waals surface area contributed by atoms with E-state index in [0.717, 1.165) is 5.70 Å². The third-order valence-electron chi connectivity index (χ3n) is 1.01. The fourth-order valence-corrected chi connectivity index (χ4v) is 0.441. The molecule has 0 bridgehead atoms. The highest BCUT2D eigenvalue weighted by atomic mass is 16.5. The van der Waals surface area contributed by atoms with Crippen LogP contribution in [0.25, 0.3) is 0 Å². The zero-order valence-corrected chi connectivity index (χ0v) is 4.10. The van der Waals surface area contributed by atoms with E-state index in [2.05, 4.69) is 5.43 Å². The molecule has 1 aliphatic carbocycles. The Bertz CT molecular complexity index is 99.9. The quantitative estimate of drug-likeness (QED) is 0.428. The van der Waals surface area contributed by atoms with Gasteiger partial charge in [-0.2, -0.15) is 0 Å². The molecule has 1 atom stereocenters. The van der Waals surface area contributed by atoms with Gasteiger partial charge in [0, 0.05) is 11.6 Å². The Labute approximate surface area is 42.0 Å². The molecule has 3 N–H and O–H groups in total. The lowest BCUT2D eigenvalue weighted by molar-refractivity contribution is 0.133. The molecule has 40 valence electrons. The van der Waals surface area contributed by atoms with Crippen molar-refractivity contribution in [3.8, 4) is 0 Å². The highest BCUT2D eigenvalue weighted by Crippen LogP contribution is 2.22. The Morgan fingerprint density at radius 2 is 2.43 bits per heavy atom. The SMILES string of the molecule is CC1C=C1NNO. The predicted octanol–water partition coefficient (Wildman–Crippen LogP) is 0.00340. The molecule has 0 saturated heterocycles. The van der Waals surface area contributed by atoms with Crippen LogP contribution in [0, 0.1) is 5.92 Å². The van der Waals surface area contributed by atoms with Gasteiger partial charge in [0.15, 0.2) is 0 Å². The molecule has 1 aliphatic rings. The molecule has 3 heteroatoms. The molecule has 1 unspecified atom stereocenters. The summed E-state index contributed by atoms with van der Waals surface area (Å²) in [6, 6.07) is 0.